The van der Waals surface area contributed by atoms with Crippen molar-refractivity contribution in [3.8, 4) is 0 Å². The molecule has 1 nitrogen and oxygen atoms in total. The average molecular weight is 461 g/mol. The first-order chi connectivity index (χ1) is 9.86. The third-order valence-corrected chi connectivity index (χ3v) is 12.9. The van der Waals surface area contributed by atoms with Gasteiger partial charge in [0.15, 0.2) is 0 Å². The summed E-state index contributed by atoms with van der Waals surface area (Å²) >= 11 is -0.0345. The molecule has 1 aliphatic heterocycles. The van der Waals surface area contributed by atoms with Crippen LogP contribution in [0.25, 0.3) is 0 Å². The standard InChI is InChI=1S/C10H13NSi.C5H5.C2H6Si.2ClH.Zr/c1-12(2,3)10-7-8-5-4-6-9(8)11-10;1-2-4-5-3-1;1-3-2;;;/h4-7H,1-3H3;1-3H,4H2;1-2H3;2*1H;/q;;;;;+2/p-2. The molecule has 0 saturated heterocycles. The molecule has 0 atom stereocenters. The molecule has 0 unspecified atom stereocenters. The fourth-order valence-corrected chi connectivity index (χ4v) is 10.7. The van der Waals surface area contributed by atoms with Gasteiger partial charge >= 0.3 is 69.3 Å². The van der Waals surface area contributed by atoms with Crippen molar-refractivity contribution in [1.29, 1.82) is 0 Å². The predicted octanol–water partition coefficient (Wildman–Crippen LogP) is -1.13. The summed E-state index contributed by atoms with van der Waals surface area (Å²) in [5.41, 5.74) is 2.46. The number of hydrogen-bond donors (Lipinski definition) is 0. The number of rotatable bonds is 3. The Morgan fingerprint density at radius 1 is 1.09 bits per heavy atom. The minimum Gasteiger partial charge on any atom is -1.00 e. The van der Waals surface area contributed by atoms with Crippen LogP contribution >= 0.6 is 0 Å². The van der Waals surface area contributed by atoms with Gasteiger partial charge < -0.3 is 24.8 Å². The molecule has 0 bridgehead atoms. The molecule has 0 aromatic carbocycles. The maximum absolute atomic E-state index is 4.61. The molecule has 0 fully saturated rings. The van der Waals surface area contributed by atoms with Gasteiger partial charge in [-0.2, -0.15) is 0 Å². The van der Waals surface area contributed by atoms with E-state index in [0.29, 0.717) is 0 Å². The minimum atomic E-state index is -1.19. The molecule has 0 amide bonds. The van der Waals surface area contributed by atoms with E-state index in [1.807, 2.05) is 0 Å². The summed E-state index contributed by atoms with van der Waals surface area (Å²) in [5.74, 6) is 0.144. The summed E-state index contributed by atoms with van der Waals surface area (Å²) in [6.45, 7) is 11.9. The van der Waals surface area contributed by atoms with E-state index < -0.39 is 8.07 Å². The molecule has 3 aliphatic rings. The first kappa shape index (κ1) is 23.3. The Morgan fingerprint density at radius 2 is 1.78 bits per heavy atom. The van der Waals surface area contributed by atoms with E-state index in [9.17, 15) is 0 Å². The number of nitrogens with zero attached hydrogens (tertiary/aromatic N) is 1. The van der Waals surface area contributed by atoms with Crippen molar-refractivity contribution in [3.63, 3.8) is 0 Å². The van der Waals surface area contributed by atoms with Gasteiger partial charge in [0.25, 0.3) is 0 Å². The second kappa shape index (κ2) is 10.3. The van der Waals surface area contributed by atoms with Gasteiger partial charge in [-0.15, -0.1) is 0 Å². The quantitative estimate of drug-likeness (QED) is 0.473. The van der Waals surface area contributed by atoms with Gasteiger partial charge in [-0.25, -0.2) is 0 Å². The zero-order valence-corrected chi connectivity index (χ0v) is 20.4. The van der Waals surface area contributed by atoms with E-state index >= 15 is 0 Å². The monoisotopic (exact) mass is 458 g/mol. The summed E-state index contributed by atoms with van der Waals surface area (Å²) in [4.78, 5) is 4.61. The second-order valence-electron chi connectivity index (χ2n) is 6.71. The van der Waals surface area contributed by atoms with Crippen LogP contribution in [-0.2, 0) is 22.4 Å². The van der Waals surface area contributed by atoms with Crippen LogP contribution in [0.2, 0.25) is 32.7 Å². The van der Waals surface area contributed by atoms with Crippen LogP contribution in [0.4, 0.5) is 0 Å². The van der Waals surface area contributed by atoms with Crippen molar-refractivity contribution in [2.75, 3.05) is 0 Å². The van der Waals surface area contributed by atoms with Crippen molar-refractivity contribution in [2.24, 2.45) is 4.99 Å². The number of aliphatic imine (C=N–C) groups is 1. The van der Waals surface area contributed by atoms with Crippen molar-refractivity contribution < 1.29 is 47.2 Å². The van der Waals surface area contributed by atoms with Gasteiger partial charge in [-0.3, -0.25) is 4.99 Å². The van der Waals surface area contributed by atoms with E-state index in [1.54, 1.807) is 3.28 Å². The van der Waals surface area contributed by atoms with Crippen LogP contribution in [0.3, 0.4) is 0 Å². The minimum absolute atomic E-state index is 0. The van der Waals surface area contributed by atoms with E-state index in [1.165, 1.54) is 17.3 Å². The molecule has 3 rings (SSSR count). The van der Waals surface area contributed by atoms with Gasteiger partial charge in [-0.05, 0) is 12.2 Å². The normalized spacial score (nSPS) is 17.0. The number of allylic oxidation sites excluding steroid dienone is 8. The van der Waals surface area contributed by atoms with Gasteiger partial charge in [-0.1, -0.05) is 31.8 Å². The fourth-order valence-electron chi connectivity index (χ4n) is 2.20. The molecule has 1 heterocycles. The van der Waals surface area contributed by atoms with Crippen molar-refractivity contribution in [2.45, 2.75) is 39.2 Å². The van der Waals surface area contributed by atoms with Gasteiger partial charge in [0.2, 0.25) is 0 Å². The molecule has 1 radical (unpaired) electrons. The smallest absolute Gasteiger partial charge is 1.00 e. The Labute approximate surface area is 166 Å². The summed E-state index contributed by atoms with van der Waals surface area (Å²) < 4.78 is 1.80. The molecular formula is C17H24Cl2NSi2Zr. The first-order valence-corrected chi connectivity index (χ1v) is 18.4. The third-order valence-electron chi connectivity index (χ3n) is 3.31. The van der Waals surface area contributed by atoms with E-state index in [-0.39, 0.29) is 53.1 Å². The Morgan fingerprint density at radius 3 is 2.26 bits per heavy atom. The van der Waals surface area contributed by atoms with Crippen molar-refractivity contribution >= 4 is 19.3 Å². The summed E-state index contributed by atoms with van der Waals surface area (Å²) in [6.07, 6.45) is 16.6. The second-order valence-corrected chi connectivity index (χ2v) is 24.8. The molecule has 0 aromatic heterocycles. The van der Waals surface area contributed by atoms with Gasteiger partial charge in [0.1, 0.15) is 8.07 Å². The maximum atomic E-state index is 4.61. The number of fused-ring (bicyclic) bond motifs is 1. The Kier molecular flexibility index (Phi) is 10.4. The molecular weight excluding hydrogens is 436 g/mol. The molecule has 6 heteroatoms. The average Bonchev–Trinajstić information content (AvgIpc) is 3.01. The molecule has 0 aromatic rings. The van der Waals surface area contributed by atoms with Gasteiger partial charge in [0.05, 0.1) is 5.70 Å². The van der Waals surface area contributed by atoms with Gasteiger partial charge in [0, 0.05) is 10.9 Å². The molecule has 23 heavy (non-hydrogen) atoms. The summed E-state index contributed by atoms with van der Waals surface area (Å²) in [6, 6.07) is 0. The SMILES string of the molecule is C[Si](C)(C)C1=NC2=CC=CC2=C1.C[Si](C)[Zr+2][C]1=CC=CC1.[Cl-].[Cl-]. The fraction of sp³-hybridized carbons (Fsp3) is 0.353. The van der Waals surface area contributed by atoms with E-state index in [0.717, 1.165) is 5.70 Å². The molecule has 0 N–H and O–H groups in total. The summed E-state index contributed by atoms with van der Waals surface area (Å²) in [7, 11) is -1.19. The van der Waals surface area contributed by atoms with Crippen molar-refractivity contribution in [1.82, 2.24) is 0 Å². The van der Waals surface area contributed by atoms with E-state index in [4.69, 9.17) is 0 Å². The first-order valence-electron chi connectivity index (χ1n) is 7.49. The number of hydrogen-bond acceptors (Lipinski definition) is 1. The van der Waals surface area contributed by atoms with Crippen LogP contribution in [0.15, 0.2) is 62.1 Å². The topological polar surface area (TPSA) is 12.4 Å². The number of halogens is 2. The van der Waals surface area contributed by atoms with Crippen LogP contribution in [0, 0.1) is 0 Å². The predicted molar refractivity (Wildman–Crippen MR) is 95.4 cm³/mol. The van der Waals surface area contributed by atoms with Crippen LogP contribution in [-0.4, -0.2) is 19.3 Å². The van der Waals surface area contributed by atoms with Crippen LogP contribution in [0.1, 0.15) is 6.42 Å². The molecule has 2 aliphatic carbocycles. The Balaban J connectivity index is 0.000000401. The summed E-state index contributed by atoms with van der Waals surface area (Å²) in [5, 5.41) is 1.33. The Hall–Kier alpha value is 0.267. The van der Waals surface area contributed by atoms with Crippen LogP contribution in [0.5, 0.6) is 0 Å². The molecule has 123 valence electrons. The van der Waals surface area contributed by atoms with Crippen LogP contribution < -0.4 is 24.8 Å². The zero-order chi connectivity index (χ0) is 15.5. The molecule has 0 spiro atoms. The van der Waals surface area contributed by atoms with E-state index in [2.05, 4.69) is 80.3 Å². The van der Waals surface area contributed by atoms with Crippen molar-refractivity contribution in [3.05, 3.63) is 57.1 Å². The zero-order valence-electron chi connectivity index (χ0n) is 14.5. The Bertz CT molecular complexity index is 594. The third kappa shape index (κ3) is 7.35. The molecule has 0 saturated carbocycles. The maximum Gasteiger partial charge on any atom is -1.00 e. The largest absolute Gasteiger partial charge is 1.00 e.